The first-order valence-electron chi connectivity index (χ1n) is 13.2. The number of aromatic nitrogens is 6. The zero-order valence-electron chi connectivity index (χ0n) is 20.9. The van der Waals surface area contributed by atoms with Crippen LogP contribution in [0.15, 0.2) is 35.4 Å². The number of aliphatic hydroxyl groups excluding tert-OH is 1. The van der Waals surface area contributed by atoms with Crippen molar-refractivity contribution in [3.8, 4) is 0 Å². The van der Waals surface area contributed by atoms with Crippen LogP contribution in [-0.4, -0.2) is 65.3 Å². The van der Waals surface area contributed by atoms with E-state index in [1.165, 1.54) is 6.33 Å². The number of para-hydroxylation sites is 2. The second-order valence-corrected chi connectivity index (χ2v) is 10.1. The van der Waals surface area contributed by atoms with Gasteiger partial charge in [0.15, 0.2) is 17.0 Å². The fraction of sp³-hybridized carbons (Fsp3) is 0.500. The third kappa shape index (κ3) is 4.26. The first-order chi connectivity index (χ1) is 18.0. The average molecular weight is 505 g/mol. The van der Waals surface area contributed by atoms with Gasteiger partial charge in [-0.15, -0.1) is 0 Å². The molecule has 194 valence electrons. The van der Waals surface area contributed by atoms with E-state index in [1.807, 2.05) is 40.3 Å². The lowest BCUT2D eigenvalue weighted by Gasteiger charge is -2.33. The molecule has 4 heterocycles. The molecule has 1 saturated carbocycles. The van der Waals surface area contributed by atoms with Crippen LogP contribution in [0.4, 0.5) is 5.82 Å². The van der Waals surface area contributed by atoms with Gasteiger partial charge in [-0.3, -0.25) is 9.36 Å². The molecule has 0 radical (unpaired) electrons. The molecule has 3 N–H and O–H groups in total. The molecule has 11 heteroatoms. The lowest BCUT2D eigenvalue weighted by atomic mass is 9.93. The second kappa shape index (κ2) is 9.62. The van der Waals surface area contributed by atoms with Crippen LogP contribution < -0.4 is 15.9 Å². The number of aryl methyl sites for hydroxylation is 1. The number of fused-ring (bicyclic) bond motifs is 2. The number of anilines is 1. The van der Waals surface area contributed by atoms with E-state index in [-0.39, 0.29) is 29.8 Å². The van der Waals surface area contributed by atoms with Gasteiger partial charge in [-0.1, -0.05) is 12.1 Å². The number of piperidine rings is 1. The predicted molar refractivity (Wildman–Crippen MR) is 140 cm³/mol. The highest BCUT2D eigenvalue weighted by molar-refractivity contribution is 5.96. The van der Waals surface area contributed by atoms with E-state index in [0.717, 1.165) is 42.5 Å². The van der Waals surface area contributed by atoms with Gasteiger partial charge in [0.1, 0.15) is 6.33 Å². The molecule has 11 nitrogen and oxygen atoms in total. The highest BCUT2D eigenvalue weighted by atomic mass is 16.3. The molecule has 0 spiro atoms. The van der Waals surface area contributed by atoms with Gasteiger partial charge in [0, 0.05) is 31.7 Å². The Morgan fingerprint density at radius 2 is 1.86 bits per heavy atom. The van der Waals surface area contributed by atoms with Gasteiger partial charge >= 0.3 is 5.69 Å². The number of nitrogens with one attached hydrogen (secondary N) is 2. The standard InChI is InChI=1S/C26H32N8O3/c1-2-33-23-21(31-24(33)25(36)29-16-7-9-18(35)10-8-16)22(27-15-28-23)32-13-11-17(12-14-32)34-20-6-4-3-5-19(20)30-26(34)37/h3-6,15-18,35H,2,7-14H2,1H3,(H,29,36)(H,30,37). The van der Waals surface area contributed by atoms with Crippen LogP contribution in [-0.2, 0) is 6.54 Å². The highest BCUT2D eigenvalue weighted by Crippen LogP contribution is 2.30. The molecular formula is C26H32N8O3. The van der Waals surface area contributed by atoms with Gasteiger partial charge in [0.05, 0.1) is 17.1 Å². The number of carbonyl (C=O) groups is 1. The third-order valence-electron chi connectivity index (χ3n) is 7.82. The number of imidazole rings is 2. The molecule has 0 unspecified atom stereocenters. The molecule has 1 aliphatic carbocycles. The molecule has 4 aromatic rings. The molecule has 1 amide bonds. The maximum atomic E-state index is 13.2. The molecule has 1 aliphatic heterocycles. The Kier molecular flexibility index (Phi) is 6.15. The molecule has 0 atom stereocenters. The Morgan fingerprint density at radius 3 is 2.62 bits per heavy atom. The smallest absolute Gasteiger partial charge is 0.326 e. The number of carbonyl (C=O) groups excluding carboxylic acids is 1. The summed E-state index contributed by atoms with van der Waals surface area (Å²) in [6, 6.07) is 7.92. The van der Waals surface area contributed by atoms with Crippen molar-refractivity contribution >= 4 is 33.9 Å². The normalized spacial score (nSPS) is 21.1. The monoisotopic (exact) mass is 504 g/mol. The minimum atomic E-state index is -0.273. The Balaban J connectivity index is 1.24. The predicted octanol–water partition coefficient (Wildman–Crippen LogP) is 2.36. The molecular weight excluding hydrogens is 472 g/mol. The van der Waals surface area contributed by atoms with Gasteiger partial charge in [0.25, 0.3) is 5.91 Å². The number of amides is 1. The van der Waals surface area contributed by atoms with E-state index in [4.69, 9.17) is 4.98 Å². The van der Waals surface area contributed by atoms with Crippen molar-refractivity contribution in [2.24, 2.45) is 0 Å². The summed E-state index contributed by atoms with van der Waals surface area (Å²) in [4.78, 5) is 44.8. The van der Waals surface area contributed by atoms with Crippen molar-refractivity contribution in [3.05, 3.63) is 46.9 Å². The van der Waals surface area contributed by atoms with Crippen LogP contribution in [0.1, 0.15) is 62.1 Å². The van der Waals surface area contributed by atoms with Crippen LogP contribution in [0.5, 0.6) is 0 Å². The lowest BCUT2D eigenvalue weighted by Crippen LogP contribution is -2.39. The largest absolute Gasteiger partial charge is 0.393 e. The zero-order chi connectivity index (χ0) is 25.5. The van der Waals surface area contributed by atoms with Gasteiger partial charge in [0.2, 0.25) is 5.82 Å². The number of hydrogen-bond acceptors (Lipinski definition) is 7. The fourth-order valence-electron chi connectivity index (χ4n) is 5.87. The molecule has 0 bridgehead atoms. The maximum absolute atomic E-state index is 13.2. The van der Waals surface area contributed by atoms with Gasteiger partial charge in [-0.2, -0.15) is 0 Å². The molecule has 3 aromatic heterocycles. The zero-order valence-corrected chi connectivity index (χ0v) is 20.9. The summed E-state index contributed by atoms with van der Waals surface area (Å²) < 4.78 is 3.71. The Labute approximate surface area is 213 Å². The van der Waals surface area contributed by atoms with Crippen molar-refractivity contribution in [1.29, 1.82) is 0 Å². The molecule has 1 saturated heterocycles. The van der Waals surface area contributed by atoms with E-state index < -0.39 is 0 Å². The molecule has 2 fully saturated rings. The summed E-state index contributed by atoms with van der Waals surface area (Å²) in [6.45, 7) is 3.97. The second-order valence-electron chi connectivity index (χ2n) is 10.1. The van der Waals surface area contributed by atoms with Gasteiger partial charge < -0.3 is 24.9 Å². The third-order valence-corrected chi connectivity index (χ3v) is 7.82. The number of nitrogens with zero attached hydrogens (tertiary/aromatic N) is 6. The SMILES string of the molecule is CCn1c(C(=O)NC2CCC(O)CC2)nc2c(N3CCC(n4c(=O)[nH]c5ccccc54)CC3)ncnc21. The van der Waals surface area contributed by atoms with E-state index in [9.17, 15) is 14.7 Å². The van der Waals surface area contributed by atoms with Crippen LogP contribution in [0, 0.1) is 0 Å². The Morgan fingerprint density at radius 1 is 1.11 bits per heavy atom. The maximum Gasteiger partial charge on any atom is 0.326 e. The number of aromatic amines is 1. The quantitative estimate of drug-likeness (QED) is 0.380. The van der Waals surface area contributed by atoms with Crippen LogP contribution in [0.25, 0.3) is 22.2 Å². The molecule has 1 aromatic carbocycles. The fourth-order valence-corrected chi connectivity index (χ4v) is 5.87. The first-order valence-corrected chi connectivity index (χ1v) is 13.2. The summed E-state index contributed by atoms with van der Waals surface area (Å²) in [5, 5.41) is 12.9. The summed E-state index contributed by atoms with van der Waals surface area (Å²) in [7, 11) is 0. The summed E-state index contributed by atoms with van der Waals surface area (Å²) in [5.74, 6) is 0.840. The molecule has 2 aliphatic rings. The minimum Gasteiger partial charge on any atom is -0.393 e. The molecule has 37 heavy (non-hydrogen) atoms. The van der Waals surface area contributed by atoms with Crippen molar-refractivity contribution in [2.75, 3.05) is 18.0 Å². The van der Waals surface area contributed by atoms with E-state index in [1.54, 1.807) is 0 Å². The lowest BCUT2D eigenvalue weighted by molar-refractivity contribution is 0.0855. The Bertz CT molecular complexity index is 1490. The van der Waals surface area contributed by atoms with Crippen LogP contribution >= 0.6 is 0 Å². The number of benzene rings is 1. The number of rotatable bonds is 5. The van der Waals surface area contributed by atoms with Crippen molar-refractivity contribution in [3.63, 3.8) is 0 Å². The molecule has 6 rings (SSSR count). The summed E-state index contributed by atoms with van der Waals surface area (Å²) >= 11 is 0. The van der Waals surface area contributed by atoms with E-state index in [0.29, 0.717) is 49.5 Å². The van der Waals surface area contributed by atoms with E-state index >= 15 is 0 Å². The topological polar surface area (TPSA) is 134 Å². The highest BCUT2D eigenvalue weighted by Gasteiger charge is 2.29. The van der Waals surface area contributed by atoms with Crippen LogP contribution in [0.3, 0.4) is 0 Å². The van der Waals surface area contributed by atoms with Gasteiger partial charge in [-0.05, 0) is 57.6 Å². The number of hydrogen-bond donors (Lipinski definition) is 3. The van der Waals surface area contributed by atoms with Crippen molar-refractivity contribution < 1.29 is 9.90 Å². The summed E-state index contributed by atoms with van der Waals surface area (Å²) in [5.41, 5.74) is 2.98. The van der Waals surface area contributed by atoms with Crippen LogP contribution in [0.2, 0.25) is 0 Å². The van der Waals surface area contributed by atoms with Crippen molar-refractivity contribution in [1.82, 2.24) is 34.4 Å². The summed E-state index contributed by atoms with van der Waals surface area (Å²) in [6.07, 6.45) is 5.77. The first kappa shape index (κ1) is 23.7. The van der Waals surface area contributed by atoms with E-state index in [2.05, 4.69) is 25.2 Å². The average Bonchev–Trinajstić information content (AvgIpc) is 3.47. The number of H-pyrrole nitrogens is 1. The number of aliphatic hydroxyl groups is 1. The Hall–Kier alpha value is -3.73. The van der Waals surface area contributed by atoms with Crippen molar-refractivity contribution in [2.45, 2.75) is 70.2 Å². The minimum absolute atomic E-state index is 0.0403. The van der Waals surface area contributed by atoms with Gasteiger partial charge in [-0.25, -0.2) is 19.7 Å².